The lowest BCUT2D eigenvalue weighted by Crippen LogP contribution is -2.35. The third-order valence-electron chi connectivity index (χ3n) is 4.09. The number of furan rings is 1. The highest BCUT2D eigenvalue weighted by molar-refractivity contribution is 6.30. The van der Waals surface area contributed by atoms with Crippen molar-refractivity contribution in [3.05, 3.63) is 88.6 Å². The van der Waals surface area contributed by atoms with E-state index in [0.29, 0.717) is 16.5 Å². The summed E-state index contributed by atoms with van der Waals surface area (Å²) in [5, 5.41) is 3.29. The van der Waals surface area contributed by atoms with Gasteiger partial charge < -0.3 is 19.2 Å². The molecule has 0 aliphatic heterocycles. The second kappa shape index (κ2) is 9.93. The van der Waals surface area contributed by atoms with Gasteiger partial charge in [-0.05, 0) is 61.0 Å². The van der Waals surface area contributed by atoms with Gasteiger partial charge in [0.25, 0.3) is 5.91 Å². The molecule has 0 aliphatic rings. The predicted octanol–water partition coefficient (Wildman–Crippen LogP) is 4.51. The molecule has 1 amide bonds. The van der Waals surface area contributed by atoms with Gasteiger partial charge in [-0.1, -0.05) is 23.7 Å². The number of ether oxygens (including phenoxy) is 2. The average molecular weight is 432 g/mol. The Morgan fingerprint density at radius 3 is 2.47 bits per heavy atom. The maximum absolute atomic E-state index is 12.9. The number of esters is 1. The van der Waals surface area contributed by atoms with Crippen molar-refractivity contribution in [1.29, 1.82) is 0 Å². The Labute approximate surface area is 177 Å². The molecule has 2 aromatic carbocycles. The summed E-state index contributed by atoms with van der Waals surface area (Å²) in [4.78, 5) is 24.4. The summed E-state index contributed by atoms with van der Waals surface area (Å²) in [6.07, 6.45) is -1.01. The van der Waals surface area contributed by atoms with Gasteiger partial charge in [-0.3, -0.25) is 4.79 Å². The normalized spacial score (nSPS) is 11.6. The van der Waals surface area contributed by atoms with Gasteiger partial charge in [0.05, 0.1) is 0 Å². The molecule has 3 aromatic rings. The van der Waals surface area contributed by atoms with E-state index in [1.807, 2.05) is 0 Å². The molecule has 0 fully saturated rings. The Morgan fingerprint density at radius 2 is 1.77 bits per heavy atom. The van der Waals surface area contributed by atoms with Crippen LogP contribution in [0.25, 0.3) is 0 Å². The van der Waals surface area contributed by atoms with E-state index in [0.717, 1.165) is 5.56 Å². The van der Waals surface area contributed by atoms with Gasteiger partial charge in [0, 0.05) is 11.6 Å². The monoisotopic (exact) mass is 431 g/mol. The van der Waals surface area contributed by atoms with E-state index in [2.05, 4.69) is 5.32 Å². The molecule has 156 valence electrons. The molecule has 6 nitrogen and oxygen atoms in total. The number of nitrogens with one attached hydrogen (secondary N) is 1. The minimum atomic E-state index is -1.01. The zero-order chi connectivity index (χ0) is 21.5. The predicted molar refractivity (Wildman–Crippen MR) is 108 cm³/mol. The lowest BCUT2D eigenvalue weighted by Gasteiger charge is -2.12. The van der Waals surface area contributed by atoms with Crippen LogP contribution in [0.1, 0.15) is 28.8 Å². The number of carbonyl (C=O) groups is 2. The van der Waals surface area contributed by atoms with Crippen molar-refractivity contribution in [2.75, 3.05) is 0 Å². The second-order valence-corrected chi connectivity index (χ2v) is 6.84. The van der Waals surface area contributed by atoms with E-state index >= 15 is 0 Å². The molecular weight excluding hydrogens is 413 g/mol. The Morgan fingerprint density at radius 1 is 1.07 bits per heavy atom. The van der Waals surface area contributed by atoms with Crippen molar-refractivity contribution in [1.82, 2.24) is 5.32 Å². The fourth-order valence-electron chi connectivity index (χ4n) is 2.46. The van der Waals surface area contributed by atoms with Gasteiger partial charge in [-0.15, -0.1) is 0 Å². The number of carbonyl (C=O) groups excluding carboxylic acids is 2. The SMILES string of the molecule is CC(OC(=O)c1ccc(COc2ccc(F)cc2)o1)C(=O)NCc1ccc(Cl)cc1. The van der Waals surface area contributed by atoms with Crippen LogP contribution in [-0.2, 0) is 22.7 Å². The van der Waals surface area contributed by atoms with Crippen LogP contribution in [-0.4, -0.2) is 18.0 Å². The molecule has 1 atom stereocenters. The van der Waals surface area contributed by atoms with Crippen molar-refractivity contribution in [2.45, 2.75) is 26.2 Å². The summed E-state index contributed by atoms with van der Waals surface area (Å²) in [5.41, 5.74) is 0.864. The van der Waals surface area contributed by atoms with Crippen LogP contribution < -0.4 is 10.1 Å². The smallest absolute Gasteiger partial charge is 0.375 e. The fourth-order valence-corrected chi connectivity index (χ4v) is 2.58. The first-order chi connectivity index (χ1) is 14.4. The highest BCUT2D eigenvalue weighted by atomic mass is 35.5. The third kappa shape index (κ3) is 6.09. The number of halogens is 2. The molecule has 0 aliphatic carbocycles. The highest BCUT2D eigenvalue weighted by Gasteiger charge is 2.21. The van der Waals surface area contributed by atoms with Gasteiger partial charge >= 0.3 is 5.97 Å². The van der Waals surface area contributed by atoms with Crippen LogP contribution in [0.4, 0.5) is 4.39 Å². The van der Waals surface area contributed by atoms with Crippen LogP contribution in [0.5, 0.6) is 5.75 Å². The van der Waals surface area contributed by atoms with Gasteiger partial charge in [-0.2, -0.15) is 0 Å². The van der Waals surface area contributed by atoms with Gasteiger partial charge in [-0.25, -0.2) is 9.18 Å². The number of benzene rings is 2. The van der Waals surface area contributed by atoms with Crippen LogP contribution in [0.15, 0.2) is 65.1 Å². The summed E-state index contributed by atoms with van der Waals surface area (Å²) in [6, 6.07) is 15.5. The summed E-state index contributed by atoms with van der Waals surface area (Å²) in [6.45, 7) is 1.80. The number of amides is 1. The molecule has 3 rings (SSSR count). The van der Waals surface area contributed by atoms with Crippen molar-refractivity contribution in [2.24, 2.45) is 0 Å². The Balaban J connectivity index is 1.47. The van der Waals surface area contributed by atoms with Crippen molar-refractivity contribution < 1.29 is 27.9 Å². The lowest BCUT2D eigenvalue weighted by atomic mass is 10.2. The standard InChI is InChI=1S/C22H19ClFNO5/c1-14(21(26)25-12-15-2-4-16(23)5-3-15)29-22(27)20-11-10-19(30-20)13-28-18-8-6-17(24)7-9-18/h2-11,14H,12-13H2,1H3,(H,25,26). The molecule has 0 saturated carbocycles. The molecule has 30 heavy (non-hydrogen) atoms. The molecule has 0 radical (unpaired) electrons. The Kier molecular flexibility index (Phi) is 7.08. The molecule has 1 aromatic heterocycles. The molecule has 0 spiro atoms. The largest absolute Gasteiger partial charge is 0.486 e. The first-order valence-corrected chi connectivity index (χ1v) is 9.49. The van der Waals surface area contributed by atoms with Gasteiger partial charge in [0.15, 0.2) is 6.10 Å². The molecule has 0 saturated heterocycles. The fraction of sp³-hybridized carbons (Fsp3) is 0.182. The van der Waals surface area contributed by atoms with E-state index in [1.54, 1.807) is 30.3 Å². The first-order valence-electron chi connectivity index (χ1n) is 9.11. The molecule has 1 heterocycles. The van der Waals surface area contributed by atoms with E-state index in [4.69, 9.17) is 25.5 Å². The Bertz CT molecular complexity index is 1000. The van der Waals surface area contributed by atoms with Crippen molar-refractivity contribution >= 4 is 23.5 Å². The van der Waals surface area contributed by atoms with Crippen LogP contribution >= 0.6 is 11.6 Å². The maximum atomic E-state index is 12.9. The van der Waals surface area contributed by atoms with E-state index in [9.17, 15) is 14.0 Å². The van der Waals surface area contributed by atoms with E-state index < -0.39 is 18.0 Å². The van der Waals surface area contributed by atoms with Gasteiger partial charge in [0.1, 0.15) is 23.9 Å². The minimum absolute atomic E-state index is 0.0509. The molecule has 8 heteroatoms. The average Bonchev–Trinajstić information content (AvgIpc) is 3.22. The zero-order valence-corrected chi connectivity index (χ0v) is 16.8. The number of hydrogen-bond acceptors (Lipinski definition) is 5. The molecular formula is C22H19ClFNO5. The third-order valence-corrected chi connectivity index (χ3v) is 4.34. The van der Waals surface area contributed by atoms with Crippen LogP contribution in [0, 0.1) is 5.82 Å². The van der Waals surface area contributed by atoms with Crippen LogP contribution in [0.2, 0.25) is 5.02 Å². The molecule has 0 bridgehead atoms. The number of rotatable bonds is 8. The van der Waals surface area contributed by atoms with E-state index in [-0.39, 0.29) is 24.7 Å². The summed E-state index contributed by atoms with van der Waals surface area (Å²) >= 11 is 5.82. The second-order valence-electron chi connectivity index (χ2n) is 6.40. The van der Waals surface area contributed by atoms with Gasteiger partial charge in [0.2, 0.25) is 5.76 Å². The summed E-state index contributed by atoms with van der Waals surface area (Å²) in [7, 11) is 0. The van der Waals surface area contributed by atoms with E-state index in [1.165, 1.54) is 37.3 Å². The quantitative estimate of drug-likeness (QED) is 0.531. The maximum Gasteiger partial charge on any atom is 0.375 e. The summed E-state index contributed by atoms with van der Waals surface area (Å²) in [5.74, 6) is -0.780. The van der Waals surface area contributed by atoms with Crippen molar-refractivity contribution in [3.8, 4) is 5.75 Å². The van der Waals surface area contributed by atoms with Crippen LogP contribution in [0.3, 0.4) is 0 Å². The molecule has 1 unspecified atom stereocenters. The van der Waals surface area contributed by atoms with Crippen molar-refractivity contribution in [3.63, 3.8) is 0 Å². The Hall–Kier alpha value is -3.32. The minimum Gasteiger partial charge on any atom is -0.486 e. The lowest BCUT2D eigenvalue weighted by molar-refractivity contribution is -0.129. The summed E-state index contributed by atoms with van der Waals surface area (Å²) < 4.78 is 28.9. The topological polar surface area (TPSA) is 77.8 Å². The molecule has 1 N–H and O–H groups in total. The zero-order valence-electron chi connectivity index (χ0n) is 16.1. The first kappa shape index (κ1) is 21.4. The highest BCUT2D eigenvalue weighted by Crippen LogP contribution is 2.16. The number of hydrogen-bond donors (Lipinski definition) is 1.